The molecule has 1 saturated carbocycles. The number of pyridine rings is 1. The summed E-state index contributed by atoms with van der Waals surface area (Å²) in [5.41, 5.74) is 5.20. The zero-order valence-electron chi connectivity index (χ0n) is 24.5. The van der Waals surface area contributed by atoms with Crippen LogP contribution in [0.2, 0.25) is 0 Å². The Morgan fingerprint density at radius 3 is 2.52 bits per heavy atom. The van der Waals surface area contributed by atoms with Gasteiger partial charge >= 0.3 is 0 Å². The van der Waals surface area contributed by atoms with Gasteiger partial charge in [0.1, 0.15) is 25.4 Å². The molecule has 0 spiro atoms. The van der Waals surface area contributed by atoms with Crippen molar-refractivity contribution >= 4 is 30.1 Å². The smallest absolute Gasteiger partial charge is 0.148 e. The monoisotopic (exact) mass is 561 g/mol. The summed E-state index contributed by atoms with van der Waals surface area (Å²) in [7, 11) is 3.90. The largest absolute Gasteiger partial charge is 0.383 e. The first kappa shape index (κ1) is 27.5. The summed E-state index contributed by atoms with van der Waals surface area (Å²) in [6.45, 7) is 7.10. The van der Waals surface area contributed by atoms with E-state index in [4.69, 9.17) is 4.98 Å². The lowest BCUT2D eigenvalue weighted by Crippen LogP contribution is -2.37. The molecule has 2 aromatic carbocycles. The molecule has 11 heteroatoms. The van der Waals surface area contributed by atoms with Crippen LogP contribution < -0.4 is 10.6 Å². The number of hydrogen-bond donors (Lipinski definition) is 2. The fraction of sp³-hybridized carbons (Fsp3) is 0.323. The topological polar surface area (TPSA) is 109 Å². The lowest BCUT2D eigenvalue weighted by atomic mass is 9.69. The average Bonchev–Trinajstić information content (AvgIpc) is 3.51. The Hall–Kier alpha value is -4.72. The fourth-order valence-corrected chi connectivity index (χ4v) is 5.16. The molecule has 1 unspecified atom stereocenters. The molecule has 0 amide bonds. The van der Waals surface area contributed by atoms with Gasteiger partial charge in [-0.15, -0.1) is 5.10 Å². The number of aromatic nitrogens is 6. The number of rotatable bonds is 8. The second-order valence-electron chi connectivity index (χ2n) is 12.5. The van der Waals surface area contributed by atoms with Crippen molar-refractivity contribution in [3.63, 3.8) is 0 Å². The quantitative estimate of drug-likeness (QED) is 0.257. The second kappa shape index (κ2) is 10.3. The van der Waals surface area contributed by atoms with Crippen molar-refractivity contribution < 1.29 is 4.39 Å². The van der Waals surface area contributed by atoms with E-state index in [1.165, 1.54) is 12.1 Å². The van der Waals surface area contributed by atoms with Crippen LogP contribution in [0.3, 0.4) is 0 Å². The molecule has 0 bridgehead atoms. The van der Waals surface area contributed by atoms with Gasteiger partial charge in [-0.05, 0) is 48.1 Å². The van der Waals surface area contributed by atoms with Gasteiger partial charge in [0.25, 0.3) is 0 Å². The first-order valence-electron chi connectivity index (χ1n) is 14.1. The number of benzene rings is 2. The summed E-state index contributed by atoms with van der Waals surface area (Å²) in [5.74, 6) is -0.308. The summed E-state index contributed by atoms with van der Waals surface area (Å²) < 4.78 is 17.7. The van der Waals surface area contributed by atoms with Crippen molar-refractivity contribution in [2.45, 2.75) is 45.1 Å². The van der Waals surface area contributed by atoms with E-state index in [-0.39, 0.29) is 11.2 Å². The molecular weight excluding hydrogens is 528 g/mol. The predicted molar refractivity (Wildman–Crippen MR) is 164 cm³/mol. The summed E-state index contributed by atoms with van der Waals surface area (Å²) in [5, 5.41) is 31.5. The summed E-state index contributed by atoms with van der Waals surface area (Å²) in [6.07, 6.45) is 9.52. The number of hydrogen-bond acceptors (Lipinski definition) is 7. The highest BCUT2D eigenvalue weighted by Gasteiger charge is 2.34. The Kier molecular flexibility index (Phi) is 6.72. The molecule has 1 aliphatic rings. The number of aryl methyl sites for hydroxylation is 1. The van der Waals surface area contributed by atoms with Crippen LogP contribution in [-0.2, 0) is 12.5 Å². The van der Waals surface area contributed by atoms with Crippen LogP contribution in [0.4, 0.5) is 15.8 Å². The maximum absolute atomic E-state index is 14.0. The molecule has 1 aliphatic carbocycles. The molecule has 5 aromatic rings. The zero-order chi connectivity index (χ0) is 29.6. The standard InChI is InChI=1S/C31H33BFN9/c1-30(2,3)18-36-28-19(13-34)14-35-29-25(20-15-37-41(4)16-20)11-23(12-26(28)29)38-31(32,21-5-7-22(33)8-6-21)27-17-42(40-39-27)24-9-10-24/h5-8,11-12,14-17,24,38H,9-10,18,32H2,1-4H3,(H,35,36). The van der Waals surface area contributed by atoms with Crippen LogP contribution in [0.15, 0.2) is 61.2 Å². The van der Waals surface area contributed by atoms with Crippen LogP contribution in [0.1, 0.15) is 56.5 Å². The lowest BCUT2D eigenvalue weighted by Gasteiger charge is -2.31. The van der Waals surface area contributed by atoms with Gasteiger partial charge in [0, 0.05) is 48.2 Å². The molecule has 3 aromatic heterocycles. The van der Waals surface area contributed by atoms with Crippen LogP contribution in [0.25, 0.3) is 22.0 Å². The maximum Gasteiger partial charge on any atom is 0.148 e. The second-order valence-corrected chi connectivity index (χ2v) is 12.5. The minimum Gasteiger partial charge on any atom is -0.383 e. The van der Waals surface area contributed by atoms with Crippen LogP contribution in [-0.4, -0.2) is 44.1 Å². The van der Waals surface area contributed by atoms with Crippen molar-refractivity contribution in [3.8, 4) is 17.2 Å². The third-order valence-electron chi connectivity index (χ3n) is 7.66. The molecule has 9 nitrogen and oxygen atoms in total. The van der Waals surface area contributed by atoms with Crippen molar-refractivity contribution in [2.75, 3.05) is 17.2 Å². The van der Waals surface area contributed by atoms with Crippen LogP contribution >= 0.6 is 0 Å². The number of fused-ring (bicyclic) bond motifs is 1. The molecule has 0 aliphatic heterocycles. The first-order chi connectivity index (χ1) is 20.0. The summed E-state index contributed by atoms with van der Waals surface area (Å²) >= 11 is 0. The van der Waals surface area contributed by atoms with Crippen LogP contribution in [0, 0.1) is 22.6 Å². The van der Waals surface area contributed by atoms with E-state index in [1.54, 1.807) is 29.2 Å². The van der Waals surface area contributed by atoms with E-state index in [0.717, 1.165) is 57.5 Å². The number of anilines is 2. The van der Waals surface area contributed by atoms with E-state index < -0.39 is 5.44 Å². The van der Waals surface area contributed by atoms with Crippen molar-refractivity contribution in [3.05, 3.63) is 83.8 Å². The van der Waals surface area contributed by atoms with Gasteiger partial charge in [-0.1, -0.05) is 38.1 Å². The molecule has 42 heavy (non-hydrogen) atoms. The highest BCUT2D eigenvalue weighted by Crippen LogP contribution is 2.40. The molecule has 1 atom stereocenters. The Morgan fingerprint density at radius 2 is 1.88 bits per heavy atom. The third kappa shape index (κ3) is 5.32. The fourth-order valence-electron chi connectivity index (χ4n) is 5.16. The van der Waals surface area contributed by atoms with E-state index in [0.29, 0.717) is 18.2 Å². The van der Waals surface area contributed by atoms with E-state index in [9.17, 15) is 9.65 Å². The van der Waals surface area contributed by atoms with E-state index >= 15 is 0 Å². The van der Waals surface area contributed by atoms with Gasteiger partial charge in [0.05, 0.1) is 40.6 Å². The van der Waals surface area contributed by atoms with Gasteiger partial charge in [-0.3, -0.25) is 9.67 Å². The number of nitrogens with zero attached hydrogens (tertiary/aromatic N) is 7. The van der Waals surface area contributed by atoms with Gasteiger partial charge < -0.3 is 10.6 Å². The molecular formula is C31H33BFN9. The molecule has 212 valence electrons. The van der Waals surface area contributed by atoms with Crippen molar-refractivity contribution in [2.24, 2.45) is 12.5 Å². The molecule has 0 saturated heterocycles. The lowest BCUT2D eigenvalue weighted by molar-refractivity contribution is 0.443. The van der Waals surface area contributed by atoms with E-state index in [1.807, 2.05) is 44.1 Å². The first-order valence-corrected chi connectivity index (χ1v) is 14.1. The number of nitriles is 1. The maximum atomic E-state index is 14.0. The van der Waals surface area contributed by atoms with Gasteiger partial charge in [0.15, 0.2) is 0 Å². The van der Waals surface area contributed by atoms with Crippen LogP contribution in [0.5, 0.6) is 0 Å². The van der Waals surface area contributed by atoms with E-state index in [2.05, 4.69) is 52.9 Å². The molecule has 1 fully saturated rings. The molecule has 6 rings (SSSR count). The minimum atomic E-state index is -0.847. The zero-order valence-corrected chi connectivity index (χ0v) is 24.5. The number of nitrogens with one attached hydrogen (secondary N) is 2. The van der Waals surface area contributed by atoms with Crippen molar-refractivity contribution in [1.29, 1.82) is 5.26 Å². The Morgan fingerprint density at radius 1 is 1.12 bits per heavy atom. The Bertz CT molecular complexity index is 1810. The highest BCUT2D eigenvalue weighted by atomic mass is 19.1. The van der Waals surface area contributed by atoms with Gasteiger partial charge in [0.2, 0.25) is 0 Å². The highest BCUT2D eigenvalue weighted by molar-refractivity contribution is 6.19. The van der Waals surface area contributed by atoms with Gasteiger partial charge in [-0.25, -0.2) is 9.07 Å². The molecule has 3 heterocycles. The molecule has 2 N–H and O–H groups in total. The SMILES string of the molecule is BC(Nc1cc(-c2cnn(C)c2)c2ncc(C#N)c(NCC(C)(C)C)c2c1)(c1ccc(F)cc1)c1cn(C2CC2)nn1. The number of halogens is 1. The predicted octanol–water partition coefficient (Wildman–Crippen LogP) is 4.98. The Balaban J connectivity index is 1.55. The van der Waals surface area contributed by atoms with Crippen molar-refractivity contribution in [1.82, 2.24) is 29.8 Å². The Labute approximate surface area is 245 Å². The average molecular weight is 561 g/mol. The molecule has 0 radical (unpaired) electrons. The normalized spacial score (nSPS) is 14.9. The third-order valence-corrected chi connectivity index (χ3v) is 7.66. The van der Waals surface area contributed by atoms with Gasteiger partial charge in [-0.2, -0.15) is 10.4 Å². The minimum absolute atomic E-state index is 0.0150. The summed E-state index contributed by atoms with van der Waals surface area (Å²) in [6, 6.07) is 13.2. The summed E-state index contributed by atoms with van der Waals surface area (Å²) in [4.78, 5) is 4.74.